The van der Waals surface area contributed by atoms with E-state index in [1.807, 2.05) is 0 Å². The van der Waals surface area contributed by atoms with Gasteiger partial charge >= 0.3 is 0 Å². The highest BCUT2D eigenvalue weighted by Crippen LogP contribution is 2.48. The Morgan fingerprint density at radius 1 is 1.15 bits per heavy atom. The average molecular weight is 180 g/mol. The average Bonchev–Trinajstić information content (AvgIpc) is 2.13. The van der Waals surface area contributed by atoms with Crippen molar-refractivity contribution in [3.05, 3.63) is 0 Å². The van der Waals surface area contributed by atoms with Gasteiger partial charge in [-0.3, -0.25) is 4.79 Å². The van der Waals surface area contributed by atoms with Gasteiger partial charge in [0.05, 0.1) is 0 Å². The fourth-order valence-electron chi connectivity index (χ4n) is 3.35. The first-order valence-corrected chi connectivity index (χ1v) is 5.65. The lowest BCUT2D eigenvalue weighted by atomic mass is 9.58. The topological polar surface area (TPSA) is 17.1 Å². The number of carbonyl (C=O) groups is 1. The Morgan fingerprint density at radius 3 is 2.62 bits per heavy atom. The second-order valence-corrected chi connectivity index (χ2v) is 5.33. The summed E-state index contributed by atoms with van der Waals surface area (Å²) in [5.74, 6) is 2.07. The smallest absolute Gasteiger partial charge is 0.138 e. The van der Waals surface area contributed by atoms with E-state index in [0.717, 1.165) is 12.3 Å². The minimum Gasteiger partial charge on any atom is -0.299 e. The molecule has 0 aromatic rings. The highest BCUT2D eigenvalue weighted by Gasteiger charge is 2.44. The van der Waals surface area contributed by atoms with Crippen molar-refractivity contribution in [1.29, 1.82) is 0 Å². The molecule has 1 nitrogen and oxygen atoms in total. The van der Waals surface area contributed by atoms with Crippen molar-refractivity contribution in [3.63, 3.8) is 0 Å². The molecule has 0 bridgehead atoms. The molecule has 0 aliphatic heterocycles. The summed E-state index contributed by atoms with van der Waals surface area (Å²) >= 11 is 0. The lowest BCUT2D eigenvalue weighted by Crippen LogP contribution is -2.43. The van der Waals surface area contributed by atoms with Crippen LogP contribution in [0.2, 0.25) is 0 Å². The summed E-state index contributed by atoms with van der Waals surface area (Å²) in [6.07, 6.45) is 7.43. The van der Waals surface area contributed by atoms with Crippen molar-refractivity contribution in [3.8, 4) is 0 Å². The summed E-state index contributed by atoms with van der Waals surface area (Å²) < 4.78 is 0. The van der Waals surface area contributed by atoms with Crippen LogP contribution in [0, 0.1) is 17.3 Å². The molecule has 2 rings (SSSR count). The summed E-state index contributed by atoms with van der Waals surface area (Å²) in [5, 5.41) is 0. The molecule has 0 spiro atoms. The van der Waals surface area contributed by atoms with Gasteiger partial charge in [0.15, 0.2) is 0 Å². The molecule has 2 saturated carbocycles. The number of ketones is 1. The van der Waals surface area contributed by atoms with Crippen molar-refractivity contribution >= 4 is 5.78 Å². The van der Waals surface area contributed by atoms with Gasteiger partial charge < -0.3 is 0 Å². The van der Waals surface area contributed by atoms with Gasteiger partial charge in [0.1, 0.15) is 5.78 Å². The fraction of sp³-hybridized carbons (Fsp3) is 0.917. The Hall–Kier alpha value is -0.330. The van der Waals surface area contributed by atoms with E-state index >= 15 is 0 Å². The Bertz CT molecular complexity index is 217. The van der Waals surface area contributed by atoms with E-state index in [0.29, 0.717) is 11.7 Å². The number of carbonyl (C=O) groups excluding carboxylic acids is 1. The molecule has 0 radical (unpaired) electrons. The molecule has 0 N–H and O–H groups in total. The van der Waals surface area contributed by atoms with E-state index in [9.17, 15) is 4.79 Å². The summed E-state index contributed by atoms with van der Waals surface area (Å²) in [5.41, 5.74) is -0.0106. The van der Waals surface area contributed by atoms with Crippen molar-refractivity contribution in [2.24, 2.45) is 17.3 Å². The normalized spacial score (nSPS) is 38.5. The van der Waals surface area contributed by atoms with Gasteiger partial charge in [-0.25, -0.2) is 0 Å². The van der Waals surface area contributed by atoms with Gasteiger partial charge in [-0.05, 0) is 24.7 Å². The molecule has 0 unspecified atom stereocenters. The third kappa shape index (κ3) is 1.43. The molecule has 2 aliphatic carbocycles. The zero-order valence-corrected chi connectivity index (χ0v) is 8.81. The monoisotopic (exact) mass is 180 g/mol. The summed E-state index contributed by atoms with van der Waals surface area (Å²) in [7, 11) is 0. The molecule has 13 heavy (non-hydrogen) atoms. The first-order chi connectivity index (χ1) is 6.12. The van der Waals surface area contributed by atoms with Gasteiger partial charge in [0.25, 0.3) is 0 Å². The Morgan fingerprint density at radius 2 is 1.85 bits per heavy atom. The van der Waals surface area contributed by atoms with E-state index in [1.165, 1.54) is 32.1 Å². The van der Waals surface area contributed by atoms with E-state index in [2.05, 4.69) is 13.8 Å². The first kappa shape index (κ1) is 9.23. The minimum absolute atomic E-state index is 0.0106. The number of Topliss-reactive ketones (excluding diaryl/α,β-unsaturated/α-hetero) is 1. The molecule has 0 aromatic heterocycles. The van der Waals surface area contributed by atoms with Crippen LogP contribution in [0.3, 0.4) is 0 Å². The number of hydrogen-bond donors (Lipinski definition) is 0. The molecule has 0 saturated heterocycles. The van der Waals surface area contributed by atoms with E-state index in [1.54, 1.807) is 0 Å². The van der Waals surface area contributed by atoms with Crippen LogP contribution in [0.4, 0.5) is 0 Å². The standard InChI is InChI=1S/C12H20O/c1-12(2)10-6-4-3-5-9(10)7-8-11(12)13/h9-10H,3-8H2,1-2H3/t9-,10+/m0/s1. The molecule has 0 heterocycles. The molecule has 1 heteroatoms. The Kier molecular flexibility index (Phi) is 2.21. The van der Waals surface area contributed by atoms with Gasteiger partial charge in [-0.15, -0.1) is 0 Å². The van der Waals surface area contributed by atoms with Crippen LogP contribution in [0.15, 0.2) is 0 Å². The zero-order valence-electron chi connectivity index (χ0n) is 8.81. The Labute approximate surface area is 80.9 Å². The maximum atomic E-state index is 11.8. The van der Waals surface area contributed by atoms with E-state index in [-0.39, 0.29) is 5.41 Å². The third-order valence-corrected chi connectivity index (χ3v) is 4.30. The predicted octanol–water partition coefficient (Wildman–Crippen LogP) is 3.18. The third-order valence-electron chi connectivity index (χ3n) is 4.30. The molecular weight excluding hydrogens is 160 g/mol. The quantitative estimate of drug-likeness (QED) is 0.559. The zero-order chi connectivity index (χ0) is 9.47. The van der Waals surface area contributed by atoms with Gasteiger partial charge in [0.2, 0.25) is 0 Å². The minimum atomic E-state index is -0.0106. The van der Waals surface area contributed by atoms with Gasteiger partial charge in [-0.1, -0.05) is 33.1 Å². The number of hydrogen-bond acceptors (Lipinski definition) is 1. The SMILES string of the molecule is CC1(C)C(=O)CC[C@@H]2CCCC[C@H]21. The van der Waals surface area contributed by atoms with Crippen LogP contribution in [-0.4, -0.2) is 5.78 Å². The van der Waals surface area contributed by atoms with Crippen LogP contribution in [0.25, 0.3) is 0 Å². The largest absolute Gasteiger partial charge is 0.299 e. The van der Waals surface area contributed by atoms with Crippen LogP contribution < -0.4 is 0 Å². The number of fused-ring (bicyclic) bond motifs is 1. The summed E-state index contributed by atoms with van der Waals surface area (Å²) in [6, 6.07) is 0. The number of rotatable bonds is 0. The van der Waals surface area contributed by atoms with Crippen LogP contribution in [-0.2, 0) is 4.79 Å². The lowest BCUT2D eigenvalue weighted by Gasteiger charge is -2.45. The van der Waals surface area contributed by atoms with E-state index in [4.69, 9.17) is 0 Å². The summed E-state index contributed by atoms with van der Waals surface area (Å²) in [6.45, 7) is 4.33. The molecule has 0 amide bonds. The van der Waals surface area contributed by atoms with Gasteiger partial charge in [0, 0.05) is 11.8 Å². The molecule has 2 fully saturated rings. The summed E-state index contributed by atoms with van der Waals surface area (Å²) in [4.78, 5) is 11.8. The predicted molar refractivity (Wildman–Crippen MR) is 53.5 cm³/mol. The van der Waals surface area contributed by atoms with Gasteiger partial charge in [-0.2, -0.15) is 0 Å². The lowest BCUT2D eigenvalue weighted by molar-refractivity contribution is -0.136. The van der Waals surface area contributed by atoms with Crippen LogP contribution in [0.1, 0.15) is 52.4 Å². The van der Waals surface area contributed by atoms with Crippen LogP contribution >= 0.6 is 0 Å². The second-order valence-electron chi connectivity index (χ2n) is 5.33. The highest BCUT2D eigenvalue weighted by atomic mass is 16.1. The van der Waals surface area contributed by atoms with Crippen molar-refractivity contribution in [1.82, 2.24) is 0 Å². The van der Waals surface area contributed by atoms with Crippen molar-refractivity contribution in [2.45, 2.75) is 52.4 Å². The maximum absolute atomic E-state index is 11.8. The molecule has 0 aromatic carbocycles. The highest BCUT2D eigenvalue weighted by molar-refractivity contribution is 5.85. The first-order valence-electron chi connectivity index (χ1n) is 5.65. The van der Waals surface area contributed by atoms with E-state index < -0.39 is 0 Å². The maximum Gasteiger partial charge on any atom is 0.138 e. The molecule has 74 valence electrons. The molecular formula is C12H20O. The molecule has 2 atom stereocenters. The van der Waals surface area contributed by atoms with Crippen molar-refractivity contribution < 1.29 is 4.79 Å². The molecule has 2 aliphatic rings. The van der Waals surface area contributed by atoms with Crippen LogP contribution in [0.5, 0.6) is 0 Å². The van der Waals surface area contributed by atoms with Crippen molar-refractivity contribution in [2.75, 3.05) is 0 Å². The Balaban J connectivity index is 2.19. The second kappa shape index (κ2) is 3.11. The fourth-order valence-corrected chi connectivity index (χ4v) is 3.35.